The Morgan fingerprint density at radius 2 is 2.18 bits per heavy atom. The van der Waals surface area contributed by atoms with Crippen molar-refractivity contribution in [2.24, 2.45) is 4.99 Å². The Kier molecular flexibility index (Phi) is 5.43. The Labute approximate surface area is 67.5 Å². The maximum atomic E-state index is 10.6. The molecule has 0 aliphatic rings. The van der Waals surface area contributed by atoms with Gasteiger partial charge >= 0.3 is 5.97 Å². The van der Waals surface area contributed by atoms with Gasteiger partial charge in [-0.15, -0.1) is 0 Å². The average Bonchev–Trinajstić information content (AvgIpc) is 2.04. The molecule has 0 saturated carbocycles. The van der Waals surface area contributed by atoms with Crippen LogP contribution in [0.2, 0.25) is 0 Å². The molecule has 0 aliphatic carbocycles. The lowest BCUT2D eigenvalue weighted by Crippen LogP contribution is -2.06. The van der Waals surface area contributed by atoms with Crippen molar-refractivity contribution in [1.29, 1.82) is 0 Å². The SMILES string of the molecule is CCC(=O)OCC/C(C)=N\C. The molecule has 0 atom stereocenters. The van der Waals surface area contributed by atoms with Crippen LogP contribution in [0.15, 0.2) is 4.99 Å². The van der Waals surface area contributed by atoms with Crippen LogP contribution in [0, 0.1) is 0 Å². The summed E-state index contributed by atoms with van der Waals surface area (Å²) in [6.45, 7) is 4.15. The largest absolute Gasteiger partial charge is 0.465 e. The highest BCUT2D eigenvalue weighted by atomic mass is 16.5. The van der Waals surface area contributed by atoms with Gasteiger partial charge in [-0.3, -0.25) is 9.79 Å². The van der Waals surface area contributed by atoms with Gasteiger partial charge in [0.15, 0.2) is 0 Å². The molecular formula is C8H15NO2. The predicted molar refractivity (Wildman–Crippen MR) is 44.9 cm³/mol. The molecule has 0 bridgehead atoms. The van der Waals surface area contributed by atoms with E-state index in [0.29, 0.717) is 13.0 Å². The molecule has 0 saturated heterocycles. The second kappa shape index (κ2) is 5.89. The van der Waals surface area contributed by atoms with Crippen molar-refractivity contribution in [3.05, 3.63) is 0 Å². The summed E-state index contributed by atoms with van der Waals surface area (Å²) in [4.78, 5) is 14.6. The van der Waals surface area contributed by atoms with Crippen LogP contribution >= 0.6 is 0 Å². The highest BCUT2D eigenvalue weighted by Crippen LogP contribution is 1.89. The van der Waals surface area contributed by atoms with E-state index in [2.05, 4.69) is 4.99 Å². The zero-order valence-corrected chi connectivity index (χ0v) is 7.39. The average molecular weight is 157 g/mol. The molecule has 0 aromatic rings. The van der Waals surface area contributed by atoms with E-state index in [-0.39, 0.29) is 5.97 Å². The first-order valence-electron chi connectivity index (χ1n) is 3.78. The smallest absolute Gasteiger partial charge is 0.305 e. The van der Waals surface area contributed by atoms with Crippen molar-refractivity contribution in [1.82, 2.24) is 0 Å². The summed E-state index contributed by atoms with van der Waals surface area (Å²) in [5, 5.41) is 0. The summed E-state index contributed by atoms with van der Waals surface area (Å²) in [5.74, 6) is -0.145. The quantitative estimate of drug-likeness (QED) is 0.457. The van der Waals surface area contributed by atoms with Crippen LogP contribution in [0.25, 0.3) is 0 Å². The first kappa shape index (κ1) is 10.1. The van der Waals surface area contributed by atoms with E-state index in [1.807, 2.05) is 6.92 Å². The fourth-order valence-corrected chi connectivity index (χ4v) is 0.526. The van der Waals surface area contributed by atoms with Gasteiger partial charge < -0.3 is 4.74 Å². The topological polar surface area (TPSA) is 38.7 Å². The molecule has 0 unspecified atom stereocenters. The third-order valence-electron chi connectivity index (χ3n) is 1.40. The molecule has 0 rings (SSSR count). The number of hydrogen-bond acceptors (Lipinski definition) is 3. The van der Waals surface area contributed by atoms with E-state index in [1.165, 1.54) is 0 Å². The third-order valence-corrected chi connectivity index (χ3v) is 1.40. The fourth-order valence-electron chi connectivity index (χ4n) is 0.526. The minimum atomic E-state index is -0.145. The maximum absolute atomic E-state index is 10.6. The molecule has 3 heteroatoms. The van der Waals surface area contributed by atoms with Crippen LogP contribution in [0.5, 0.6) is 0 Å². The molecule has 0 N–H and O–H groups in total. The van der Waals surface area contributed by atoms with E-state index in [1.54, 1.807) is 14.0 Å². The van der Waals surface area contributed by atoms with Crippen LogP contribution in [0.4, 0.5) is 0 Å². The summed E-state index contributed by atoms with van der Waals surface area (Å²) < 4.78 is 4.84. The van der Waals surface area contributed by atoms with Crippen molar-refractivity contribution in [3.63, 3.8) is 0 Å². The summed E-state index contributed by atoms with van der Waals surface area (Å²) in [6.07, 6.45) is 1.19. The van der Waals surface area contributed by atoms with Gasteiger partial charge in [-0.1, -0.05) is 6.92 Å². The lowest BCUT2D eigenvalue weighted by atomic mass is 10.3. The second-order valence-electron chi connectivity index (χ2n) is 2.28. The molecule has 0 aliphatic heterocycles. The number of carbonyl (C=O) groups excluding carboxylic acids is 1. The summed E-state index contributed by atoms with van der Waals surface area (Å²) in [7, 11) is 1.73. The van der Waals surface area contributed by atoms with E-state index in [9.17, 15) is 4.79 Å². The van der Waals surface area contributed by atoms with E-state index >= 15 is 0 Å². The zero-order chi connectivity index (χ0) is 8.69. The molecular weight excluding hydrogens is 142 g/mol. The third kappa shape index (κ3) is 5.58. The Morgan fingerprint density at radius 3 is 2.64 bits per heavy atom. The van der Waals surface area contributed by atoms with Crippen molar-refractivity contribution in [3.8, 4) is 0 Å². The van der Waals surface area contributed by atoms with Gasteiger partial charge in [-0.2, -0.15) is 0 Å². The molecule has 0 aromatic carbocycles. The van der Waals surface area contributed by atoms with Crippen LogP contribution < -0.4 is 0 Å². The summed E-state index contributed by atoms with van der Waals surface area (Å²) >= 11 is 0. The van der Waals surface area contributed by atoms with E-state index < -0.39 is 0 Å². The Hall–Kier alpha value is -0.860. The maximum Gasteiger partial charge on any atom is 0.305 e. The number of rotatable bonds is 4. The number of nitrogens with zero attached hydrogens (tertiary/aromatic N) is 1. The van der Waals surface area contributed by atoms with Gasteiger partial charge in [0.05, 0.1) is 6.61 Å². The molecule has 0 aromatic heterocycles. The van der Waals surface area contributed by atoms with E-state index in [4.69, 9.17) is 4.74 Å². The zero-order valence-electron chi connectivity index (χ0n) is 7.39. The molecule has 0 amide bonds. The van der Waals surface area contributed by atoms with Gasteiger partial charge in [-0.05, 0) is 6.92 Å². The lowest BCUT2D eigenvalue weighted by Gasteiger charge is -2.01. The first-order valence-corrected chi connectivity index (χ1v) is 3.78. The molecule has 0 heterocycles. The normalized spacial score (nSPS) is 11.4. The molecule has 0 spiro atoms. The molecule has 3 nitrogen and oxygen atoms in total. The minimum absolute atomic E-state index is 0.145. The predicted octanol–water partition coefficient (Wildman–Crippen LogP) is 1.42. The lowest BCUT2D eigenvalue weighted by molar-refractivity contribution is -0.142. The fraction of sp³-hybridized carbons (Fsp3) is 0.750. The van der Waals surface area contributed by atoms with Gasteiger partial charge in [0.25, 0.3) is 0 Å². The molecule has 0 radical (unpaired) electrons. The number of hydrogen-bond donors (Lipinski definition) is 0. The number of aliphatic imine (C=N–C) groups is 1. The van der Waals surface area contributed by atoms with Crippen molar-refractivity contribution < 1.29 is 9.53 Å². The van der Waals surface area contributed by atoms with Crippen LogP contribution in [0.1, 0.15) is 26.7 Å². The molecule has 64 valence electrons. The number of esters is 1. The van der Waals surface area contributed by atoms with Crippen molar-refractivity contribution in [2.75, 3.05) is 13.7 Å². The molecule has 11 heavy (non-hydrogen) atoms. The van der Waals surface area contributed by atoms with Crippen molar-refractivity contribution in [2.45, 2.75) is 26.7 Å². The number of carbonyl (C=O) groups is 1. The summed E-state index contributed by atoms with van der Waals surface area (Å²) in [6, 6.07) is 0. The van der Waals surface area contributed by atoms with E-state index in [0.717, 1.165) is 12.1 Å². The van der Waals surface area contributed by atoms with Gasteiger partial charge in [0.2, 0.25) is 0 Å². The van der Waals surface area contributed by atoms with Crippen LogP contribution in [-0.2, 0) is 9.53 Å². The van der Waals surface area contributed by atoms with Crippen LogP contribution in [-0.4, -0.2) is 25.3 Å². The van der Waals surface area contributed by atoms with Gasteiger partial charge in [0, 0.05) is 25.6 Å². The number of ether oxygens (including phenoxy) is 1. The Balaban J connectivity index is 3.35. The Morgan fingerprint density at radius 1 is 1.55 bits per heavy atom. The van der Waals surface area contributed by atoms with Crippen molar-refractivity contribution >= 4 is 11.7 Å². The first-order chi connectivity index (χ1) is 5.20. The van der Waals surface area contributed by atoms with Crippen LogP contribution in [0.3, 0.4) is 0 Å². The highest BCUT2D eigenvalue weighted by Gasteiger charge is 1.97. The highest BCUT2D eigenvalue weighted by molar-refractivity contribution is 5.82. The minimum Gasteiger partial charge on any atom is -0.465 e. The van der Waals surface area contributed by atoms with Gasteiger partial charge in [-0.25, -0.2) is 0 Å². The monoisotopic (exact) mass is 157 g/mol. The second-order valence-corrected chi connectivity index (χ2v) is 2.28. The Bertz CT molecular complexity index is 152. The summed E-state index contributed by atoms with van der Waals surface area (Å²) in [5.41, 5.74) is 1.01. The molecule has 0 fully saturated rings. The standard InChI is InChI=1S/C8H15NO2/c1-4-8(10)11-6-5-7(2)9-3/h4-6H2,1-3H3/b9-7-. The van der Waals surface area contributed by atoms with Gasteiger partial charge in [0.1, 0.15) is 0 Å².